The molecule has 2 atom stereocenters. The summed E-state index contributed by atoms with van der Waals surface area (Å²) in [5, 5.41) is 13.4. The Bertz CT molecular complexity index is 194. The first-order valence-corrected chi connectivity index (χ1v) is 6.45. The van der Waals surface area contributed by atoms with Crippen LogP contribution in [-0.2, 0) is 4.74 Å². The third-order valence-corrected chi connectivity index (χ3v) is 3.56. The number of nitrogens with one attached hydrogen (secondary N) is 1. The van der Waals surface area contributed by atoms with Crippen LogP contribution >= 0.6 is 0 Å². The van der Waals surface area contributed by atoms with Crippen LogP contribution in [0.25, 0.3) is 0 Å². The molecule has 0 aromatic carbocycles. The summed E-state index contributed by atoms with van der Waals surface area (Å²) in [6.45, 7) is 6.25. The van der Waals surface area contributed by atoms with Crippen molar-refractivity contribution in [1.82, 2.24) is 5.32 Å². The summed E-state index contributed by atoms with van der Waals surface area (Å²) in [7, 11) is 1.74. The third kappa shape index (κ3) is 4.81. The molecular formula is C13H27NO2. The summed E-state index contributed by atoms with van der Waals surface area (Å²) < 4.78 is 5.11. The van der Waals surface area contributed by atoms with Crippen molar-refractivity contribution in [3.8, 4) is 0 Å². The summed E-state index contributed by atoms with van der Waals surface area (Å²) in [5.74, 6) is 0. The van der Waals surface area contributed by atoms with E-state index in [2.05, 4.69) is 19.2 Å². The van der Waals surface area contributed by atoms with Crippen molar-refractivity contribution in [2.24, 2.45) is 5.41 Å². The average molecular weight is 229 g/mol. The second kappa shape index (κ2) is 6.58. The molecule has 3 nitrogen and oxygen atoms in total. The summed E-state index contributed by atoms with van der Waals surface area (Å²) >= 11 is 0. The second-order valence-corrected chi connectivity index (χ2v) is 5.75. The molecule has 3 heteroatoms. The van der Waals surface area contributed by atoms with Crippen molar-refractivity contribution in [3.63, 3.8) is 0 Å². The molecule has 0 amide bonds. The lowest BCUT2D eigenvalue weighted by Gasteiger charge is -2.33. The van der Waals surface area contributed by atoms with Gasteiger partial charge in [0.05, 0.1) is 6.10 Å². The zero-order chi connectivity index (χ0) is 12.0. The molecule has 0 heterocycles. The first-order chi connectivity index (χ1) is 7.55. The summed E-state index contributed by atoms with van der Waals surface area (Å²) in [6.07, 6.45) is 5.39. The van der Waals surface area contributed by atoms with Gasteiger partial charge in [-0.1, -0.05) is 26.7 Å². The number of aliphatic hydroxyl groups excluding tert-OH is 1. The molecule has 16 heavy (non-hydrogen) atoms. The molecular weight excluding hydrogens is 202 g/mol. The van der Waals surface area contributed by atoms with Crippen molar-refractivity contribution in [2.45, 2.75) is 58.1 Å². The molecule has 1 rings (SSSR count). The zero-order valence-electron chi connectivity index (χ0n) is 11.0. The van der Waals surface area contributed by atoms with Gasteiger partial charge in [0.1, 0.15) is 0 Å². The minimum atomic E-state index is -0.146. The standard InChI is InChI=1S/C13H27NO2/c1-13(2,8-9-16-3)10-14-11-6-4-5-7-12(11)15/h11-12,14-15H,4-10H2,1-3H3. The lowest BCUT2D eigenvalue weighted by molar-refractivity contribution is 0.0811. The molecule has 1 aliphatic rings. The second-order valence-electron chi connectivity index (χ2n) is 5.75. The highest BCUT2D eigenvalue weighted by molar-refractivity contribution is 4.83. The molecule has 0 aromatic heterocycles. The van der Waals surface area contributed by atoms with Crippen LogP contribution in [0.1, 0.15) is 46.0 Å². The Morgan fingerprint density at radius 2 is 2.00 bits per heavy atom. The molecule has 1 aliphatic carbocycles. The summed E-state index contributed by atoms with van der Waals surface area (Å²) in [5.41, 5.74) is 0.243. The topological polar surface area (TPSA) is 41.5 Å². The Morgan fingerprint density at radius 3 is 2.62 bits per heavy atom. The van der Waals surface area contributed by atoms with Gasteiger partial charge in [-0.25, -0.2) is 0 Å². The van der Waals surface area contributed by atoms with Crippen molar-refractivity contribution in [1.29, 1.82) is 0 Å². The van der Waals surface area contributed by atoms with E-state index in [1.165, 1.54) is 12.8 Å². The van der Waals surface area contributed by atoms with Crippen LogP contribution in [-0.4, -0.2) is 37.5 Å². The Kier molecular flexibility index (Phi) is 5.73. The van der Waals surface area contributed by atoms with E-state index in [1.807, 2.05) is 0 Å². The monoisotopic (exact) mass is 229 g/mol. The maximum Gasteiger partial charge on any atom is 0.0693 e. The smallest absolute Gasteiger partial charge is 0.0693 e. The first-order valence-electron chi connectivity index (χ1n) is 6.45. The zero-order valence-corrected chi connectivity index (χ0v) is 11.0. The molecule has 96 valence electrons. The van der Waals surface area contributed by atoms with Gasteiger partial charge in [-0.2, -0.15) is 0 Å². The van der Waals surface area contributed by atoms with Crippen molar-refractivity contribution in [2.75, 3.05) is 20.3 Å². The van der Waals surface area contributed by atoms with Gasteiger partial charge in [-0.05, 0) is 24.7 Å². The lowest BCUT2D eigenvalue weighted by atomic mass is 9.87. The normalized spacial score (nSPS) is 27.0. The van der Waals surface area contributed by atoms with Gasteiger partial charge in [-0.15, -0.1) is 0 Å². The van der Waals surface area contributed by atoms with Gasteiger partial charge in [-0.3, -0.25) is 0 Å². The van der Waals surface area contributed by atoms with Crippen LogP contribution in [0.4, 0.5) is 0 Å². The Labute approximate surface area is 99.6 Å². The number of aliphatic hydroxyl groups is 1. The fourth-order valence-corrected chi connectivity index (χ4v) is 2.22. The maximum absolute atomic E-state index is 9.85. The molecule has 1 saturated carbocycles. The molecule has 0 aliphatic heterocycles. The predicted molar refractivity (Wildman–Crippen MR) is 66.5 cm³/mol. The molecule has 0 aromatic rings. The molecule has 0 bridgehead atoms. The fourth-order valence-electron chi connectivity index (χ4n) is 2.22. The van der Waals surface area contributed by atoms with E-state index in [9.17, 15) is 5.11 Å². The van der Waals surface area contributed by atoms with E-state index in [0.717, 1.165) is 32.4 Å². The highest BCUT2D eigenvalue weighted by Crippen LogP contribution is 2.22. The van der Waals surface area contributed by atoms with Gasteiger partial charge in [0.15, 0.2) is 0 Å². The molecule has 2 N–H and O–H groups in total. The molecule has 0 radical (unpaired) electrons. The number of hydrogen-bond acceptors (Lipinski definition) is 3. The van der Waals surface area contributed by atoms with Crippen molar-refractivity contribution in [3.05, 3.63) is 0 Å². The minimum Gasteiger partial charge on any atom is -0.392 e. The van der Waals surface area contributed by atoms with Gasteiger partial charge >= 0.3 is 0 Å². The van der Waals surface area contributed by atoms with Crippen LogP contribution < -0.4 is 5.32 Å². The molecule has 0 saturated heterocycles. The highest BCUT2D eigenvalue weighted by Gasteiger charge is 2.25. The van der Waals surface area contributed by atoms with Crippen LogP contribution in [0.5, 0.6) is 0 Å². The number of rotatable bonds is 6. The van der Waals surface area contributed by atoms with Gasteiger partial charge in [0.2, 0.25) is 0 Å². The Balaban J connectivity index is 2.26. The lowest BCUT2D eigenvalue weighted by Crippen LogP contribution is -2.45. The van der Waals surface area contributed by atoms with Crippen LogP contribution in [0.3, 0.4) is 0 Å². The van der Waals surface area contributed by atoms with Crippen LogP contribution in [0.15, 0.2) is 0 Å². The molecule has 2 unspecified atom stereocenters. The van der Waals surface area contributed by atoms with E-state index in [-0.39, 0.29) is 11.5 Å². The largest absolute Gasteiger partial charge is 0.392 e. The quantitative estimate of drug-likeness (QED) is 0.731. The highest BCUT2D eigenvalue weighted by atomic mass is 16.5. The van der Waals surface area contributed by atoms with Crippen molar-refractivity contribution >= 4 is 0 Å². The Hall–Kier alpha value is -0.120. The molecule has 1 fully saturated rings. The summed E-state index contributed by atoms with van der Waals surface area (Å²) in [4.78, 5) is 0. The number of ether oxygens (including phenoxy) is 1. The molecule has 0 spiro atoms. The van der Waals surface area contributed by atoms with E-state index in [0.29, 0.717) is 6.04 Å². The average Bonchev–Trinajstić information content (AvgIpc) is 2.26. The Morgan fingerprint density at radius 1 is 1.31 bits per heavy atom. The van der Waals surface area contributed by atoms with Crippen molar-refractivity contribution < 1.29 is 9.84 Å². The van der Waals surface area contributed by atoms with E-state index in [4.69, 9.17) is 4.74 Å². The SMILES string of the molecule is COCCC(C)(C)CNC1CCCCC1O. The number of hydrogen-bond donors (Lipinski definition) is 2. The first kappa shape index (κ1) is 13.9. The maximum atomic E-state index is 9.85. The van der Waals surface area contributed by atoms with Gasteiger partial charge in [0, 0.05) is 26.3 Å². The van der Waals surface area contributed by atoms with Crippen LogP contribution in [0, 0.1) is 5.41 Å². The van der Waals surface area contributed by atoms with Gasteiger partial charge in [0.25, 0.3) is 0 Å². The fraction of sp³-hybridized carbons (Fsp3) is 1.00. The third-order valence-electron chi connectivity index (χ3n) is 3.56. The van der Waals surface area contributed by atoms with E-state index in [1.54, 1.807) is 7.11 Å². The number of methoxy groups -OCH3 is 1. The van der Waals surface area contributed by atoms with E-state index >= 15 is 0 Å². The predicted octanol–water partition coefficient (Wildman–Crippen LogP) is 1.94. The van der Waals surface area contributed by atoms with Crippen LogP contribution in [0.2, 0.25) is 0 Å². The summed E-state index contributed by atoms with van der Waals surface area (Å²) in [6, 6.07) is 0.301. The minimum absolute atomic E-state index is 0.146. The van der Waals surface area contributed by atoms with E-state index < -0.39 is 0 Å². The van der Waals surface area contributed by atoms with Gasteiger partial charge < -0.3 is 15.2 Å².